The third-order valence-electron chi connectivity index (χ3n) is 3.13. The van der Waals surface area contributed by atoms with Crippen molar-refractivity contribution < 1.29 is 9.53 Å². The van der Waals surface area contributed by atoms with Crippen LogP contribution >= 0.6 is 0 Å². The summed E-state index contributed by atoms with van der Waals surface area (Å²) in [6.45, 7) is 3.39. The van der Waals surface area contributed by atoms with Crippen molar-refractivity contribution in [2.24, 2.45) is 5.92 Å². The van der Waals surface area contributed by atoms with Gasteiger partial charge in [-0.1, -0.05) is 25.1 Å². The van der Waals surface area contributed by atoms with E-state index in [2.05, 4.69) is 6.07 Å². The van der Waals surface area contributed by atoms with Gasteiger partial charge in [0.15, 0.2) is 0 Å². The predicted molar refractivity (Wildman–Crippen MR) is 66.7 cm³/mol. The number of rotatable bonds is 2. The summed E-state index contributed by atoms with van der Waals surface area (Å²) in [6.07, 6.45) is 0.550. The van der Waals surface area contributed by atoms with E-state index < -0.39 is 5.92 Å². The highest BCUT2D eigenvalue weighted by Crippen LogP contribution is 2.23. The molecule has 0 fully saturated rings. The molecule has 0 bridgehead atoms. The maximum absolute atomic E-state index is 12.2. The Morgan fingerprint density at radius 3 is 3.06 bits per heavy atom. The molecule has 0 saturated carbocycles. The van der Waals surface area contributed by atoms with E-state index in [1.165, 1.54) is 0 Å². The monoisotopic (exact) mass is 244 g/mol. The smallest absolute Gasteiger partial charge is 0.240 e. The molecule has 0 spiro atoms. The second-order valence-corrected chi connectivity index (χ2v) is 4.31. The molecule has 1 heterocycles. The molecule has 2 rings (SSSR count). The van der Waals surface area contributed by atoms with Crippen LogP contribution in [0, 0.1) is 17.2 Å². The number of benzene rings is 1. The standard InChI is InChI=1S/C14H16N2O2/c1-2-11(9-15)14(17)16-7-8-18-13-6-4-3-5-12(13)10-16/h3-6,11H,2,7-8,10H2,1H3. The van der Waals surface area contributed by atoms with Crippen LogP contribution in [0.1, 0.15) is 18.9 Å². The van der Waals surface area contributed by atoms with Crippen molar-refractivity contribution >= 4 is 5.91 Å². The summed E-state index contributed by atoms with van der Waals surface area (Å²) in [5.41, 5.74) is 0.996. The third-order valence-corrected chi connectivity index (χ3v) is 3.13. The van der Waals surface area contributed by atoms with E-state index in [0.29, 0.717) is 26.1 Å². The summed E-state index contributed by atoms with van der Waals surface area (Å²) >= 11 is 0. The number of hydrogen-bond acceptors (Lipinski definition) is 3. The molecule has 0 aromatic heterocycles. The molecule has 1 aromatic carbocycles. The maximum Gasteiger partial charge on any atom is 0.240 e. The molecule has 1 atom stereocenters. The van der Waals surface area contributed by atoms with Gasteiger partial charge in [0, 0.05) is 12.1 Å². The van der Waals surface area contributed by atoms with Crippen LogP contribution < -0.4 is 4.74 Å². The molecule has 1 aliphatic rings. The van der Waals surface area contributed by atoms with Gasteiger partial charge in [0.2, 0.25) is 5.91 Å². The number of carbonyl (C=O) groups excluding carboxylic acids is 1. The second-order valence-electron chi connectivity index (χ2n) is 4.31. The van der Waals surface area contributed by atoms with Crippen LogP contribution in [0.25, 0.3) is 0 Å². The first kappa shape index (κ1) is 12.4. The fraction of sp³-hybridized carbons (Fsp3) is 0.429. The SMILES string of the molecule is CCC(C#N)C(=O)N1CCOc2ccccc2C1. The van der Waals surface area contributed by atoms with Crippen molar-refractivity contribution in [2.45, 2.75) is 19.9 Å². The topological polar surface area (TPSA) is 53.3 Å². The first-order valence-electron chi connectivity index (χ1n) is 6.15. The van der Waals surface area contributed by atoms with Crippen LogP contribution in [-0.2, 0) is 11.3 Å². The van der Waals surface area contributed by atoms with Gasteiger partial charge >= 0.3 is 0 Å². The zero-order chi connectivity index (χ0) is 13.0. The largest absolute Gasteiger partial charge is 0.491 e. The predicted octanol–water partition coefficient (Wildman–Crippen LogP) is 1.96. The Hall–Kier alpha value is -2.02. The number of hydrogen-bond donors (Lipinski definition) is 0. The maximum atomic E-state index is 12.2. The molecule has 1 aromatic rings. The van der Waals surface area contributed by atoms with Crippen LogP contribution in [0.15, 0.2) is 24.3 Å². The molecule has 0 radical (unpaired) electrons. The average molecular weight is 244 g/mol. The van der Waals surface area contributed by atoms with E-state index >= 15 is 0 Å². The number of para-hydroxylation sites is 1. The third kappa shape index (κ3) is 2.45. The van der Waals surface area contributed by atoms with Gasteiger partial charge in [-0.3, -0.25) is 4.79 Å². The lowest BCUT2D eigenvalue weighted by Gasteiger charge is -2.21. The van der Waals surface area contributed by atoms with Gasteiger partial charge in [-0.15, -0.1) is 0 Å². The minimum Gasteiger partial charge on any atom is -0.491 e. The minimum atomic E-state index is -0.546. The van der Waals surface area contributed by atoms with Crippen LogP contribution in [0.5, 0.6) is 5.75 Å². The molecular weight excluding hydrogens is 228 g/mol. The van der Waals surface area contributed by atoms with Crippen molar-refractivity contribution in [3.05, 3.63) is 29.8 Å². The number of ether oxygens (including phenoxy) is 1. The Morgan fingerprint density at radius 2 is 2.33 bits per heavy atom. The van der Waals surface area contributed by atoms with E-state index in [-0.39, 0.29) is 5.91 Å². The van der Waals surface area contributed by atoms with Gasteiger partial charge < -0.3 is 9.64 Å². The Balaban J connectivity index is 2.18. The minimum absolute atomic E-state index is 0.0969. The highest BCUT2D eigenvalue weighted by molar-refractivity contribution is 5.81. The summed E-state index contributed by atoms with van der Waals surface area (Å²) in [6, 6.07) is 9.77. The highest BCUT2D eigenvalue weighted by Gasteiger charge is 2.25. The molecule has 1 aliphatic heterocycles. The first-order valence-corrected chi connectivity index (χ1v) is 6.15. The van der Waals surface area contributed by atoms with E-state index in [9.17, 15) is 4.79 Å². The van der Waals surface area contributed by atoms with Crippen molar-refractivity contribution in [3.63, 3.8) is 0 Å². The fourth-order valence-electron chi connectivity index (χ4n) is 2.06. The summed E-state index contributed by atoms with van der Waals surface area (Å²) in [4.78, 5) is 13.9. The van der Waals surface area contributed by atoms with Crippen molar-refractivity contribution in [3.8, 4) is 11.8 Å². The summed E-state index contributed by atoms with van der Waals surface area (Å²) in [5.74, 6) is 0.188. The molecule has 4 heteroatoms. The Morgan fingerprint density at radius 1 is 1.56 bits per heavy atom. The lowest BCUT2D eigenvalue weighted by Crippen LogP contribution is -2.36. The number of carbonyl (C=O) groups is 1. The molecule has 94 valence electrons. The zero-order valence-electron chi connectivity index (χ0n) is 10.4. The number of nitrogens with zero attached hydrogens (tertiary/aromatic N) is 2. The molecular formula is C14H16N2O2. The van der Waals surface area contributed by atoms with E-state index in [4.69, 9.17) is 10.00 Å². The number of nitriles is 1. The van der Waals surface area contributed by atoms with Gasteiger partial charge in [-0.05, 0) is 12.5 Å². The van der Waals surface area contributed by atoms with Crippen LogP contribution in [0.2, 0.25) is 0 Å². The molecule has 0 saturated heterocycles. The zero-order valence-corrected chi connectivity index (χ0v) is 10.4. The normalized spacial score (nSPS) is 15.9. The van der Waals surface area contributed by atoms with Gasteiger partial charge in [-0.25, -0.2) is 0 Å². The lowest BCUT2D eigenvalue weighted by molar-refractivity contribution is -0.134. The van der Waals surface area contributed by atoms with Gasteiger partial charge in [0.05, 0.1) is 12.6 Å². The molecule has 0 aliphatic carbocycles. The van der Waals surface area contributed by atoms with Crippen molar-refractivity contribution in [1.29, 1.82) is 5.26 Å². The lowest BCUT2D eigenvalue weighted by atomic mass is 10.1. The molecule has 18 heavy (non-hydrogen) atoms. The van der Waals surface area contributed by atoms with Crippen LogP contribution in [0.3, 0.4) is 0 Å². The van der Waals surface area contributed by atoms with E-state index in [1.807, 2.05) is 31.2 Å². The fourth-order valence-corrected chi connectivity index (χ4v) is 2.06. The van der Waals surface area contributed by atoms with Crippen molar-refractivity contribution in [2.75, 3.05) is 13.2 Å². The van der Waals surface area contributed by atoms with Gasteiger partial charge in [-0.2, -0.15) is 5.26 Å². The molecule has 0 N–H and O–H groups in total. The molecule has 1 amide bonds. The average Bonchev–Trinajstić information content (AvgIpc) is 2.62. The van der Waals surface area contributed by atoms with Crippen LogP contribution in [-0.4, -0.2) is 24.0 Å². The Labute approximate surface area is 107 Å². The summed E-state index contributed by atoms with van der Waals surface area (Å²) < 4.78 is 5.60. The second kappa shape index (κ2) is 5.54. The summed E-state index contributed by atoms with van der Waals surface area (Å²) in [7, 11) is 0. The summed E-state index contributed by atoms with van der Waals surface area (Å²) in [5, 5.41) is 8.96. The molecule has 4 nitrogen and oxygen atoms in total. The van der Waals surface area contributed by atoms with Gasteiger partial charge in [0.1, 0.15) is 18.3 Å². The first-order chi connectivity index (χ1) is 8.76. The Kier molecular flexibility index (Phi) is 3.83. The molecule has 1 unspecified atom stereocenters. The van der Waals surface area contributed by atoms with Gasteiger partial charge in [0.25, 0.3) is 0 Å². The number of amides is 1. The van der Waals surface area contributed by atoms with E-state index in [0.717, 1.165) is 11.3 Å². The van der Waals surface area contributed by atoms with Crippen molar-refractivity contribution in [1.82, 2.24) is 4.90 Å². The number of fused-ring (bicyclic) bond motifs is 1. The van der Waals surface area contributed by atoms with E-state index in [1.54, 1.807) is 4.90 Å². The Bertz CT molecular complexity index is 479. The van der Waals surface area contributed by atoms with Crippen LogP contribution in [0.4, 0.5) is 0 Å². The highest BCUT2D eigenvalue weighted by atomic mass is 16.5. The quantitative estimate of drug-likeness (QED) is 0.799.